The van der Waals surface area contributed by atoms with Crippen molar-refractivity contribution in [2.24, 2.45) is 0 Å². The van der Waals surface area contributed by atoms with E-state index in [1.807, 2.05) is 34.1 Å². The first kappa shape index (κ1) is 33.7. The molecule has 0 rings (SSSR count). The van der Waals surface area contributed by atoms with Gasteiger partial charge in [-0.15, -0.1) is 0 Å². The number of rotatable bonds is 21. The van der Waals surface area contributed by atoms with Crippen LogP contribution in [0.1, 0.15) is 71.6 Å². The minimum atomic E-state index is -4.30. The Morgan fingerprint density at radius 3 is 2.06 bits per heavy atom. The molecule has 0 radical (unpaired) electrons. The minimum absolute atomic E-state index is 0.0509. The third kappa shape index (κ3) is 21.7. The van der Waals surface area contributed by atoms with Crippen LogP contribution in [0.15, 0.2) is 36.5 Å². The third-order valence-corrected chi connectivity index (χ3v) is 6.04. The Bertz CT molecular complexity index is 688. The van der Waals surface area contributed by atoms with Crippen LogP contribution in [0.2, 0.25) is 0 Å². The van der Waals surface area contributed by atoms with Crippen molar-refractivity contribution in [2.75, 3.05) is 40.9 Å². The Labute approximate surface area is 213 Å². The number of allylic oxidation sites excluding steroid dienone is 5. The van der Waals surface area contributed by atoms with Gasteiger partial charge in [-0.05, 0) is 38.5 Å². The molecule has 35 heavy (non-hydrogen) atoms. The fraction of sp³-hybridized carbons (Fsp3) is 0.731. The van der Waals surface area contributed by atoms with Gasteiger partial charge in [-0.2, -0.15) is 0 Å². The van der Waals surface area contributed by atoms with Gasteiger partial charge >= 0.3 is 7.82 Å². The van der Waals surface area contributed by atoms with E-state index in [4.69, 9.17) is 9.05 Å². The predicted molar refractivity (Wildman–Crippen MR) is 143 cm³/mol. The second-order valence-electron chi connectivity index (χ2n) is 9.69. The van der Waals surface area contributed by atoms with Crippen molar-refractivity contribution in [2.45, 2.75) is 83.8 Å². The largest absolute Gasteiger partial charge is 0.472 e. The lowest BCUT2D eigenvalue weighted by Crippen LogP contribution is -2.45. The molecule has 0 aromatic carbocycles. The predicted octanol–water partition coefficient (Wildman–Crippen LogP) is 4.89. The monoisotopic (exact) mass is 517 g/mol. The molecule has 0 aliphatic rings. The highest BCUT2D eigenvalue weighted by Gasteiger charge is 2.27. The maximum Gasteiger partial charge on any atom is 0.472 e. The molecule has 0 fully saturated rings. The molecule has 0 aromatic rings. The van der Waals surface area contributed by atoms with E-state index >= 15 is 0 Å². The number of hydrogen-bond donors (Lipinski definition) is 3. The van der Waals surface area contributed by atoms with Gasteiger partial charge in [0.1, 0.15) is 13.2 Å². The molecule has 3 atom stereocenters. The standard InChI is InChI=1S/C26H49N2O6P/c1-6-8-9-10-11-12-13-14-15-16-17-18-20-25(29)24(27-26(30)19-7-2)23-34-35(31,32)33-22-21-28(3,4)5/h10-11,14-15,18,20,24-25,29H,6-9,12-13,16-17,19,21-23H2,1-5H3,(H-,27,30,31,32)/p+1/b11-10+,15-14+,20-18+. The summed E-state index contributed by atoms with van der Waals surface area (Å²) in [5.74, 6) is -0.251. The number of nitrogens with one attached hydrogen (secondary N) is 1. The van der Waals surface area contributed by atoms with Gasteiger partial charge in [0.2, 0.25) is 5.91 Å². The van der Waals surface area contributed by atoms with Crippen LogP contribution in [0.4, 0.5) is 0 Å². The van der Waals surface area contributed by atoms with E-state index in [1.54, 1.807) is 6.08 Å². The summed E-state index contributed by atoms with van der Waals surface area (Å²) in [6, 6.07) is -0.859. The molecule has 9 heteroatoms. The maximum atomic E-state index is 12.2. The number of likely N-dealkylation sites (N-methyl/N-ethyl adjacent to an activating group) is 1. The summed E-state index contributed by atoms with van der Waals surface area (Å²) in [6.07, 6.45) is 19.3. The van der Waals surface area contributed by atoms with Crippen LogP contribution >= 0.6 is 7.82 Å². The zero-order valence-corrected chi connectivity index (χ0v) is 23.4. The number of phosphoric ester groups is 1. The average molecular weight is 518 g/mol. The molecule has 0 heterocycles. The molecular weight excluding hydrogens is 467 g/mol. The Kier molecular flexibility index (Phi) is 19.1. The number of carbonyl (C=O) groups is 1. The second-order valence-corrected chi connectivity index (χ2v) is 11.1. The summed E-state index contributed by atoms with van der Waals surface area (Å²) >= 11 is 0. The number of unbranched alkanes of at least 4 members (excludes halogenated alkanes) is 4. The number of quaternary nitrogens is 1. The molecule has 3 N–H and O–H groups in total. The van der Waals surface area contributed by atoms with E-state index < -0.39 is 20.0 Å². The van der Waals surface area contributed by atoms with Gasteiger partial charge in [0, 0.05) is 6.42 Å². The van der Waals surface area contributed by atoms with E-state index in [9.17, 15) is 19.4 Å². The first-order valence-corrected chi connectivity index (χ1v) is 14.4. The number of aliphatic hydroxyl groups excluding tert-OH is 1. The molecule has 0 bridgehead atoms. The van der Waals surface area contributed by atoms with E-state index in [0.717, 1.165) is 32.1 Å². The van der Waals surface area contributed by atoms with Gasteiger partial charge in [0.25, 0.3) is 0 Å². The lowest BCUT2D eigenvalue weighted by molar-refractivity contribution is -0.870. The molecule has 0 aliphatic heterocycles. The van der Waals surface area contributed by atoms with Crippen LogP contribution in [-0.2, 0) is 18.4 Å². The van der Waals surface area contributed by atoms with Gasteiger partial charge in [-0.1, -0.05) is 63.1 Å². The highest BCUT2D eigenvalue weighted by atomic mass is 31.2. The maximum absolute atomic E-state index is 12.2. The Morgan fingerprint density at radius 1 is 0.943 bits per heavy atom. The van der Waals surface area contributed by atoms with Crippen LogP contribution in [0.3, 0.4) is 0 Å². The molecule has 8 nitrogen and oxygen atoms in total. The highest BCUT2D eigenvalue weighted by molar-refractivity contribution is 7.47. The zero-order valence-electron chi connectivity index (χ0n) is 22.5. The van der Waals surface area contributed by atoms with Crippen LogP contribution in [0.5, 0.6) is 0 Å². The van der Waals surface area contributed by atoms with Crippen molar-refractivity contribution in [3.05, 3.63) is 36.5 Å². The van der Waals surface area contributed by atoms with Gasteiger partial charge in [-0.25, -0.2) is 4.57 Å². The molecule has 0 saturated carbocycles. The average Bonchev–Trinajstić information content (AvgIpc) is 2.76. The second kappa shape index (κ2) is 19.9. The van der Waals surface area contributed by atoms with Crippen molar-refractivity contribution < 1.29 is 32.9 Å². The molecule has 0 aromatic heterocycles. The zero-order chi connectivity index (χ0) is 26.6. The van der Waals surface area contributed by atoms with Crippen molar-refractivity contribution in [1.82, 2.24) is 5.32 Å². The molecule has 0 spiro atoms. The summed E-state index contributed by atoms with van der Waals surface area (Å²) in [5.41, 5.74) is 0. The van der Waals surface area contributed by atoms with Crippen molar-refractivity contribution in [1.29, 1.82) is 0 Å². The summed E-state index contributed by atoms with van der Waals surface area (Å²) in [6.45, 7) is 4.31. The van der Waals surface area contributed by atoms with E-state index in [-0.39, 0.29) is 19.1 Å². The molecule has 3 unspecified atom stereocenters. The first-order chi connectivity index (χ1) is 16.5. The Morgan fingerprint density at radius 2 is 1.51 bits per heavy atom. The van der Waals surface area contributed by atoms with Gasteiger partial charge < -0.3 is 19.8 Å². The smallest absolute Gasteiger partial charge is 0.387 e. The SMILES string of the molecule is CCCC/C=C/CC/C=C/CC/C=C/C(O)C(COP(=O)(O)OCC[N+](C)(C)C)NC(=O)CCC. The topological polar surface area (TPSA) is 105 Å². The lowest BCUT2D eigenvalue weighted by Gasteiger charge is -2.25. The minimum Gasteiger partial charge on any atom is -0.387 e. The molecule has 0 aliphatic carbocycles. The van der Waals surface area contributed by atoms with E-state index in [2.05, 4.69) is 36.5 Å². The van der Waals surface area contributed by atoms with E-state index in [0.29, 0.717) is 23.9 Å². The number of carbonyl (C=O) groups excluding carboxylic acids is 1. The molecule has 0 saturated heterocycles. The Hall–Kier alpha value is -1.28. The van der Waals surface area contributed by atoms with Crippen molar-refractivity contribution in [3.8, 4) is 0 Å². The molecule has 204 valence electrons. The quantitative estimate of drug-likeness (QED) is 0.0867. The summed E-state index contributed by atoms with van der Waals surface area (Å²) in [7, 11) is 1.53. The van der Waals surface area contributed by atoms with Crippen LogP contribution in [-0.4, -0.2) is 73.4 Å². The number of aliphatic hydroxyl groups is 1. The van der Waals surface area contributed by atoms with Crippen molar-refractivity contribution >= 4 is 13.7 Å². The van der Waals surface area contributed by atoms with Gasteiger partial charge in [0.05, 0.1) is 39.9 Å². The summed E-state index contributed by atoms with van der Waals surface area (Å²) in [4.78, 5) is 22.0. The summed E-state index contributed by atoms with van der Waals surface area (Å²) < 4.78 is 22.9. The highest BCUT2D eigenvalue weighted by Crippen LogP contribution is 2.43. The number of hydrogen-bond acceptors (Lipinski definition) is 5. The lowest BCUT2D eigenvalue weighted by atomic mass is 10.1. The normalized spacial score (nSPS) is 16.2. The molecule has 1 amide bonds. The fourth-order valence-corrected chi connectivity index (χ4v) is 3.66. The Balaban J connectivity index is 4.58. The van der Waals surface area contributed by atoms with E-state index in [1.165, 1.54) is 12.8 Å². The fourth-order valence-electron chi connectivity index (χ4n) is 2.92. The van der Waals surface area contributed by atoms with Crippen LogP contribution in [0.25, 0.3) is 0 Å². The first-order valence-electron chi connectivity index (χ1n) is 12.9. The number of amides is 1. The van der Waals surface area contributed by atoms with Gasteiger partial charge in [-0.3, -0.25) is 13.8 Å². The van der Waals surface area contributed by atoms with Crippen molar-refractivity contribution in [3.63, 3.8) is 0 Å². The van der Waals surface area contributed by atoms with Gasteiger partial charge in [0.15, 0.2) is 0 Å². The third-order valence-electron chi connectivity index (χ3n) is 5.06. The number of nitrogens with zero attached hydrogens (tertiary/aromatic N) is 1. The number of phosphoric acid groups is 1. The molecular formula is C26H50N2O6P+. The van der Waals surface area contributed by atoms with Crippen LogP contribution in [0, 0.1) is 0 Å². The van der Waals surface area contributed by atoms with Crippen LogP contribution < -0.4 is 5.32 Å². The summed E-state index contributed by atoms with van der Waals surface area (Å²) in [5, 5.41) is 13.2.